The lowest BCUT2D eigenvalue weighted by molar-refractivity contribution is -0.145. The minimum atomic E-state index is -0.991. The Morgan fingerprint density at radius 3 is 2.04 bits per heavy atom. The summed E-state index contributed by atoms with van der Waals surface area (Å²) in [6, 6.07) is 0. The maximum absolute atomic E-state index is 12.6. The van der Waals surface area contributed by atoms with E-state index in [4.69, 9.17) is 32.7 Å². The van der Waals surface area contributed by atoms with Crippen LogP contribution in [0.3, 0.4) is 0 Å². The van der Waals surface area contributed by atoms with Gasteiger partial charge in [-0.1, -0.05) is 6.42 Å². The van der Waals surface area contributed by atoms with E-state index in [2.05, 4.69) is 5.32 Å². The second-order valence-corrected chi connectivity index (χ2v) is 6.89. The molecule has 0 radical (unpaired) electrons. The lowest BCUT2D eigenvalue weighted by Crippen LogP contribution is -2.45. The third-order valence-electron chi connectivity index (χ3n) is 4.07. The Kier molecular flexibility index (Phi) is 8.84. The highest BCUT2D eigenvalue weighted by atomic mass is 35.5. The average Bonchev–Trinajstić information content (AvgIpc) is 2.70. The molecule has 0 aliphatic carbocycles. The molecular formula is C16H25Cl2NO5. The van der Waals surface area contributed by atoms with Crippen molar-refractivity contribution in [3.63, 3.8) is 0 Å². The van der Waals surface area contributed by atoms with Gasteiger partial charge in [0.05, 0.1) is 18.6 Å². The number of alkyl halides is 2. The molecule has 1 rings (SSSR count). The van der Waals surface area contributed by atoms with Crippen LogP contribution in [0.15, 0.2) is 0 Å². The van der Waals surface area contributed by atoms with Gasteiger partial charge in [-0.05, 0) is 39.5 Å². The fourth-order valence-electron chi connectivity index (χ4n) is 2.88. The van der Waals surface area contributed by atoms with E-state index >= 15 is 0 Å². The Labute approximate surface area is 152 Å². The first-order valence-corrected chi connectivity index (χ1v) is 9.13. The van der Waals surface area contributed by atoms with Crippen LogP contribution in [-0.2, 0) is 23.9 Å². The molecule has 8 heteroatoms. The van der Waals surface area contributed by atoms with Crippen LogP contribution in [-0.4, -0.2) is 48.4 Å². The molecule has 6 nitrogen and oxygen atoms in total. The second kappa shape index (κ2) is 10.1. The fourth-order valence-corrected chi connectivity index (χ4v) is 3.60. The molecule has 2 unspecified atom stereocenters. The van der Waals surface area contributed by atoms with Gasteiger partial charge >= 0.3 is 11.9 Å². The first-order chi connectivity index (χ1) is 11.4. The van der Waals surface area contributed by atoms with E-state index in [0.717, 1.165) is 12.8 Å². The molecule has 24 heavy (non-hydrogen) atoms. The van der Waals surface area contributed by atoms with Crippen molar-refractivity contribution in [2.45, 2.75) is 56.7 Å². The van der Waals surface area contributed by atoms with E-state index in [9.17, 15) is 14.4 Å². The van der Waals surface area contributed by atoms with Crippen molar-refractivity contribution in [3.05, 3.63) is 0 Å². The molecule has 0 spiro atoms. The van der Waals surface area contributed by atoms with Crippen molar-refractivity contribution in [2.75, 3.05) is 19.8 Å². The highest BCUT2D eigenvalue weighted by Gasteiger charge is 2.45. The first kappa shape index (κ1) is 21.0. The first-order valence-electron chi connectivity index (χ1n) is 8.26. The van der Waals surface area contributed by atoms with Crippen molar-refractivity contribution in [3.8, 4) is 0 Å². The Bertz CT molecular complexity index is 432. The van der Waals surface area contributed by atoms with Crippen molar-refractivity contribution < 1.29 is 23.9 Å². The monoisotopic (exact) mass is 381 g/mol. The number of rotatable bonds is 8. The molecular weight excluding hydrogens is 357 g/mol. The van der Waals surface area contributed by atoms with Gasteiger partial charge in [-0.15, -0.1) is 23.2 Å². The third-order valence-corrected chi connectivity index (χ3v) is 4.74. The smallest absolute Gasteiger partial charge is 0.324 e. The Hall–Kier alpha value is -1.01. The Morgan fingerprint density at radius 2 is 1.58 bits per heavy atom. The summed E-state index contributed by atoms with van der Waals surface area (Å²) in [4.78, 5) is 36.4. The van der Waals surface area contributed by atoms with Gasteiger partial charge in [-0.3, -0.25) is 14.4 Å². The summed E-state index contributed by atoms with van der Waals surface area (Å²) in [6.45, 7) is 4.35. The minimum Gasteiger partial charge on any atom is -0.465 e. The fraction of sp³-hybridized carbons (Fsp3) is 0.812. The molecule has 2 atom stereocenters. The number of hydrogen-bond donors (Lipinski definition) is 1. The van der Waals surface area contributed by atoms with Crippen molar-refractivity contribution in [1.82, 2.24) is 5.32 Å². The molecule has 0 saturated carbocycles. The Balaban J connectivity index is 2.96. The molecule has 1 saturated heterocycles. The SMILES string of the molecule is CCOC(=O)C(Cl)CC1(CC(Cl)C(=O)OCC)CCCCNC1=O. The van der Waals surface area contributed by atoms with Gasteiger partial charge in [0, 0.05) is 6.54 Å². The molecule has 1 fully saturated rings. The van der Waals surface area contributed by atoms with E-state index in [1.165, 1.54) is 0 Å². The predicted octanol–water partition coefficient (Wildman–Crippen LogP) is 2.39. The van der Waals surface area contributed by atoms with Crippen molar-refractivity contribution in [1.29, 1.82) is 0 Å². The lowest BCUT2D eigenvalue weighted by Gasteiger charge is -2.33. The van der Waals surface area contributed by atoms with Crippen LogP contribution in [0.2, 0.25) is 0 Å². The molecule has 0 bridgehead atoms. The predicted molar refractivity (Wildman–Crippen MR) is 91.1 cm³/mol. The average molecular weight is 382 g/mol. The van der Waals surface area contributed by atoms with Gasteiger partial charge < -0.3 is 14.8 Å². The van der Waals surface area contributed by atoms with Crippen LogP contribution in [0.1, 0.15) is 46.0 Å². The van der Waals surface area contributed by atoms with E-state index < -0.39 is 28.1 Å². The number of halogens is 2. The van der Waals surface area contributed by atoms with Gasteiger partial charge in [-0.2, -0.15) is 0 Å². The topological polar surface area (TPSA) is 81.7 Å². The zero-order valence-electron chi connectivity index (χ0n) is 14.1. The van der Waals surface area contributed by atoms with Crippen molar-refractivity contribution >= 4 is 41.0 Å². The van der Waals surface area contributed by atoms with E-state index in [1.54, 1.807) is 13.8 Å². The number of carbonyl (C=O) groups is 3. The van der Waals surface area contributed by atoms with Crippen LogP contribution in [0.5, 0.6) is 0 Å². The number of hydrogen-bond acceptors (Lipinski definition) is 5. The second-order valence-electron chi connectivity index (χ2n) is 5.84. The summed E-state index contributed by atoms with van der Waals surface area (Å²) in [6.07, 6.45) is 2.25. The molecule has 1 N–H and O–H groups in total. The van der Waals surface area contributed by atoms with Gasteiger partial charge in [-0.25, -0.2) is 0 Å². The van der Waals surface area contributed by atoms with Gasteiger partial charge in [0.1, 0.15) is 10.8 Å². The summed E-state index contributed by atoms with van der Waals surface area (Å²) in [5.74, 6) is -1.37. The van der Waals surface area contributed by atoms with Crippen LogP contribution in [0.4, 0.5) is 0 Å². The lowest BCUT2D eigenvalue weighted by atomic mass is 9.74. The maximum atomic E-state index is 12.6. The van der Waals surface area contributed by atoms with Gasteiger partial charge in [0.2, 0.25) is 5.91 Å². The number of nitrogens with one attached hydrogen (secondary N) is 1. The maximum Gasteiger partial charge on any atom is 0.324 e. The molecule has 0 aromatic heterocycles. The van der Waals surface area contributed by atoms with Gasteiger partial charge in [0.15, 0.2) is 0 Å². The van der Waals surface area contributed by atoms with E-state index in [0.29, 0.717) is 13.0 Å². The molecule has 0 aromatic rings. The zero-order chi connectivity index (χ0) is 18.2. The highest BCUT2D eigenvalue weighted by molar-refractivity contribution is 6.30. The molecule has 1 aliphatic heterocycles. The summed E-state index contributed by atoms with van der Waals surface area (Å²) < 4.78 is 9.84. The van der Waals surface area contributed by atoms with Crippen LogP contribution >= 0.6 is 23.2 Å². The normalized spacial score (nSPS) is 23.6. The van der Waals surface area contributed by atoms with Crippen molar-refractivity contribution in [2.24, 2.45) is 5.41 Å². The minimum absolute atomic E-state index is 0.0713. The van der Waals surface area contributed by atoms with E-state index in [-0.39, 0.29) is 32.0 Å². The number of esters is 2. The molecule has 138 valence electrons. The van der Waals surface area contributed by atoms with E-state index in [1.807, 2.05) is 0 Å². The molecule has 0 aromatic carbocycles. The highest BCUT2D eigenvalue weighted by Crippen LogP contribution is 2.40. The summed E-state index contributed by atoms with van der Waals surface area (Å²) in [5.41, 5.74) is -0.991. The molecule has 1 amide bonds. The van der Waals surface area contributed by atoms with Crippen LogP contribution < -0.4 is 5.32 Å². The van der Waals surface area contributed by atoms with Crippen LogP contribution in [0, 0.1) is 5.41 Å². The quantitative estimate of drug-likeness (QED) is 0.515. The Morgan fingerprint density at radius 1 is 1.08 bits per heavy atom. The summed E-state index contributed by atoms with van der Waals surface area (Å²) >= 11 is 12.3. The largest absolute Gasteiger partial charge is 0.465 e. The molecule has 1 heterocycles. The number of carbonyl (C=O) groups excluding carboxylic acids is 3. The number of ether oxygens (including phenoxy) is 2. The third kappa shape index (κ3) is 5.81. The van der Waals surface area contributed by atoms with Gasteiger partial charge in [0.25, 0.3) is 0 Å². The number of amides is 1. The standard InChI is InChI=1S/C16H25Cl2NO5/c1-3-23-13(20)11(17)9-16(7-5-6-8-19-15(16)22)10-12(18)14(21)24-4-2/h11-12H,3-10H2,1-2H3,(H,19,22). The zero-order valence-corrected chi connectivity index (χ0v) is 15.6. The van der Waals surface area contributed by atoms with Crippen LogP contribution in [0.25, 0.3) is 0 Å². The molecule has 1 aliphatic rings. The summed E-state index contributed by atoms with van der Waals surface area (Å²) in [7, 11) is 0. The summed E-state index contributed by atoms with van der Waals surface area (Å²) in [5, 5.41) is 0.883.